The molecule has 4 N–H and O–H groups in total. The van der Waals surface area contributed by atoms with E-state index in [9.17, 15) is 5.11 Å². The second-order valence-electron chi connectivity index (χ2n) is 3.53. The van der Waals surface area contributed by atoms with Crippen molar-refractivity contribution in [2.45, 2.75) is 25.8 Å². The van der Waals surface area contributed by atoms with Gasteiger partial charge in [0.15, 0.2) is 0 Å². The summed E-state index contributed by atoms with van der Waals surface area (Å²) in [6.07, 6.45) is 1.35. The fourth-order valence-corrected chi connectivity index (χ4v) is 1.43. The molecule has 1 aromatic rings. The maximum atomic E-state index is 9.62. The molecule has 1 aromatic carbocycles. The zero-order valence-electron chi connectivity index (χ0n) is 8.40. The predicted molar refractivity (Wildman–Crippen MR) is 56.1 cm³/mol. The zero-order chi connectivity index (χ0) is 10.6. The van der Waals surface area contributed by atoms with Crippen LogP contribution in [0.25, 0.3) is 0 Å². The van der Waals surface area contributed by atoms with Gasteiger partial charge in [-0.05, 0) is 31.4 Å². The molecule has 0 radical (unpaired) electrons. The van der Waals surface area contributed by atoms with E-state index in [4.69, 9.17) is 10.8 Å². The molecule has 1 atom stereocenters. The zero-order valence-corrected chi connectivity index (χ0v) is 8.40. The van der Waals surface area contributed by atoms with Crippen molar-refractivity contribution in [3.05, 3.63) is 29.3 Å². The molecular weight excluding hydrogens is 178 g/mol. The summed E-state index contributed by atoms with van der Waals surface area (Å²) in [6, 6.07) is 5.28. The van der Waals surface area contributed by atoms with Gasteiger partial charge in [0.05, 0.1) is 0 Å². The van der Waals surface area contributed by atoms with Crippen LogP contribution in [0.1, 0.15) is 30.0 Å². The molecule has 0 spiro atoms. The Bertz CT molecular complexity index is 299. The summed E-state index contributed by atoms with van der Waals surface area (Å²) in [5.74, 6) is 0.246. The Balaban J connectivity index is 2.74. The van der Waals surface area contributed by atoms with Crippen molar-refractivity contribution in [3.63, 3.8) is 0 Å². The smallest absolute Gasteiger partial charge is 0.120 e. The van der Waals surface area contributed by atoms with Crippen LogP contribution in [0.15, 0.2) is 18.2 Å². The predicted octanol–water partition coefficient (Wildman–Crippen LogP) is 1.47. The number of aromatic hydroxyl groups is 1. The molecule has 0 fully saturated rings. The quantitative estimate of drug-likeness (QED) is 0.681. The number of hydrogen-bond acceptors (Lipinski definition) is 3. The minimum Gasteiger partial charge on any atom is -0.508 e. The molecule has 0 unspecified atom stereocenters. The minimum absolute atomic E-state index is 0.139. The van der Waals surface area contributed by atoms with Crippen LogP contribution in [0.3, 0.4) is 0 Å². The van der Waals surface area contributed by atoms with Gasteiger partial charge < -0.3 is 15.9 Å². The van der Waals surface area contributed by atoms with Crippen LogP contribution < -0.4 is 5.73 Å². The first-order valence-corrected chi connectivity index (χ1v) is 4.81. The van der Waals surface area contributed by atoms with Gasteiger partial charge in [-0.1, -0.05) is 12.1 Å². The molecule has 78 valence electrons. The number of aliphatic hydroxyl groups is 1. The Kier molecular flexibility index (Phi) is 3.92. The summed E-state index contributed by atoms with van der Waals surface area (Å²) < 4.78 is 0. The molecule has 0 saturated heterocycles. The fourth-order valence-electron chi connectivity index (χ4n) is 1.43. The molecule has 0 aliphatic rings. The maximum Gasteiger partial charge on any atom is 0.120 e. The molecule has 3 heteroatoms. The number of aryl methyl sites for hydroxylation is 1. The third-order valence-electron chi connectivity index (χ3n) is 2.26. The average Bonchev–Trinajstić information content (AvgIpc) is 2.14. The van der Waals surface area contributed by atoms with Gasteiger partial charge in [-0.3, -0.25) is 0 Å². The van der Waals surface area contributed by atoms with Crippen LogP contribution in [-0.2, 0) is 0 Å². The molecule has 0 aliphatic carbocycles. The van der Waals surface area contributed by atoms with E-state index in [1.54, 1.807) is 6.07 Å². The van der Waals surface area contributed by atoms with Crippen molar-refractivity contribution >= 4 is 0 Å². The van der Waals surface area contributed by atoms with Crippen LogP contribution in [0.2, 0.25) is 0 Å². The minimum atomic E-state index is -0.192. The van der Waals surface area contributed by atoms with E-state index in [1.165, 1.54) is 0 Å². The number of rotatable bonds is 4. The first-order valence-electron chi connectivity index (χ1n) is 4.81. The number of phenolic OH excluding ortho intramolecular Hbond substituents is 1. The van der Waals surface area contributed by atoms with E-state index in [0.29, 0.717) is 12.8 Å². The van der Waals surface area contributed by atoms with Crippen LogP contribution in [-0.4, -0.2) is 16.8 Å². The molecule has 0 saturated carbocycles. The monoisotopic (exact) mass is 195 g/mol. The van der Waals surface area contributed by atoms with Crippen LogP contribution in [0.5, 0.6) is 5.75 Å². The number of nitrogens with two attached hydrogens (primary N) is 1. The Morgan fingerprint density at radius 1 is 1.43 bits per heavy atom. The molecular formula is C11H17NO2. The lowest BCUT2D eigenvalue weighted by atomic mass is 10.0. The molecule has 1 rings (SSSR count). The SMILES string of the molecule is Cc1ccc([C@@H](N)CCCO)c(O)c1. The van der Waals surface area contributed by atoms with E-state index in [-0.39, 0.29) is 18.4 Å². The van der Waals surface area contributed by atoms with Crippen molar-refractivity contribution < 1.29 is 10.2 Å². The Hall–Kier alpha value is -1.06. The third-order valence-corrected chi connectivity index (χ3v) is 2.26. The highest BCUT2D eigenvalue weighted by Crippen LogP contribution is 2.26. The molecule has 0 aromatic heterocycles. The van der Waals surface area contributed by atoms with Gasteiger partial charge in [-0.15, -0.1) is 0 Å². The van der Waals surface area contributed by atoms with Gasteiger partial charge in [0.2, 0.25) is 0 Å². The first-order chi connectivity index (χ1) is 6.65. The largest absolute Gasteiger partial charge is 0.508 e. The Labute approximate surface area is 84.2 Å². The molecule has 0 heterocycles. The number of hydrogen-bond donors (Lipinski definition) is 3. The van der Waals surface area contributed by atoms with E-state index >= 15 is 0 Å². The van der Waals surface area contributed by atoms with Crippen molar-refractivity contribution in [2.75, 3.05) is 6.61 Å². The fraction of sp³-hybridized carbons (Fsp3) is 0.455. The highest BCUT2D eigenvalue weighted by atomic mass is 16.3. The lowest BCUT2D eigenvalue weighted by molar-refractivity contribution is 0.279. The first kappa shape index (κ1) is 11.0. The molecule has 3 nitrogen and oxygen atoms in total. The van der Waals surface area contributed by atoms with Gasteiger partial charge in [0.1, 0.15) is 5.75 Å². The Morgan fingerprint density at radius 2 is 2.14 bits per heavy atom. The number of aliphatic hydroxyl groups excluding tert-OH is 1. The van der Waals surface area contributed by atoms with Gasteiger partial charge in [0.25, 0.3) is 0 Å². The highest BCUT2D eigenvalue weighted by Gasteiger charge is 2.09. The average molecular weight is 195 g/mol. The standard InChI is InChI=1S/C11H17NO2/c1-8-4-5-9(11(14)7-8)10(12)3-2-6-13/h4-5,7,10,13-14H,2-3,6,12H2,1H3/t10-/m0/s1. The number of benzene rings is 1. The van der Waals surface area contributed by atoms with Gasteiger partial charge in [0, 0.05) is 18.2 Å². The van der Waals surface area contributed by atoms with Crippen LogP contribution in [0.4, 0.5) is 0 Å². The van der Waals surface area contributed by atoms with Gasteiger partial charge >= 0.3 is 0 Å². The number of phenols is 1. The molecule has 0 bridgehead atoms. The summed E-state index contributed by atoms with van der Waals surface area (Å²) in [6.45, 7) is 2.06. The second-order valence-corrected chi connectivity index (χ2v) is 3.53. The normalized spacial score (nSPS) is 12.8. The topological polar surface area (TPSA) is 66.5 Å². The van der Waals surface area contributed by atoms with Crippen molar-refractivity contribution in [1.82, 2.24) is 0 Å². The molecule has 0 amide bonds. The van der Waals surface area contributed by atoms with Crippen LogP contribution >= 0.6 is 0 Å². The summed E-state index contributed by atoms with van der Waals surface area (Å²) in [5.41, 5.74) is 7.63. The summed E-state index contributed by atoms with van der Waals surface area (Å²) in [7, 11) is 0. The summed E-state index contributed by atoms with van der Waals surface area (Å²) in [4.78, 5) is 0. The third kappa shape index (κ3) is 2.72. The van der Waals surface area contributed by atoms with Crippen molar-refractivity contribution in [3.8, 4) is 5.75 Å². The van der Waals surface area contributed by atoms with Gasteiger partial charge in [-0.25, -0.2) is 0 Å². The highest BCUT2D eigenvalue weighted by molar-refractivity contribution is 5.37. The summed E-state index contributed by atoms with van der Waals surface area (Å²) >= 11 is 0. The van der Waals surface area contributed by atoms with Crippen molar-refractivity contribution in [1.29, 1.82) is 0 Å². The van der Waals surface area contributed by atoms with E-state index < -0.39 is 0 Å². The Morgan fingerprint density at radius 3 is 2.71 bits per heavy atom. The molecule has 0 aliphatic heterocycles. The maximum absolute atomic E-state index is 9.62. The van der Waals surface area contributed by atoms with Crippen molar-refractivity contribution in [2.24, 2.45) is 5.73 Å². The van der Waals surface area contributed by atoms with E-state index in [0.717, 1.165) is 11.1 Å². The van der Waals surface area contributed by atoms with Crippen LogP contribution in [0, 0.1) is 6.92 Å². The second kappa shape index (κ2) is 4.98. The lowest BCUT2D eigenvalue weighted by Gasteiger charge is -2.13. The summed E-state index contributed by atoms with van der Waals surface area (Å²) in [5, 5.41) is 18.3. The van der Waals surface area contributed by atoms with Gasteiger partial charge in [-0.2, -0.15) is 0 Å². The lowest BCUT2D eigenvalue weighted by Crippen LogP contribution is -2.11. The molecule has 14 heavy (non-hydrogen) atoms. The van der Waals surface area contributed by atoms with E-state index in [1.807, 2.05) is 19.1 Å². The van der Waals surface area contributed by atoms with E-state index in [2.05, 4.69) is 0 Å².